The van der Waals surface area contributed by atoms with E-state index in [1.54, 1.807) is 22.9 Å². The van der Waals surface area contributed by atoms with Crippen molar-refractivity contribution in [3.63, 3.8) is 0 Å². The molecule has 9 heteroatoms. The van der Waals surface area contributed by atoms with Crippen molar-refractivity contribution in [1.82, 2.24) is 20.0 Å². The lowest BCUT2D eigenvalue weighted by atomic mass is 10.0. The number of hydrogen-bond acceptors (Lipinski definition) is 6. The number of thiophene rings is 1. The Morgan fingerprint density at radius 1 is 1.35 bits per heavy atom. The highest BCUT2D eigenvalue weighted by Gasteiger charge is 2.32. The summed E-state index contributed by atoms with van der Waals surface area (Å²) >= 11 is 1.45. The van der Waals surface area contributed by atoms with Gasteiger partial charge >= 0.3 is 0 Å². The number of carbonyl (C=O) groups is 2. The van der Waals surface area contributed by atoms with E-state index in [1.807, 2.05) is 38.2 Å². The van der Waals surface area contributed by atoms with Crippen LogP contribution in [0.1, 0.15) is 37.4 Å². The molecular weight excluding hydrogens is 416 g/mol. The molecule has 164 valence electrons. The van der Waals surface area contributed by atoms with Gasteiger partial charge in [-0.15, -0.1) is 11.3 Å². The number of carbonyl (C=O) groups excluding carboxylic acids is 2. The average molecular weight is 443 g/mol. The van der Waals surface area contributed by atoms with E-state index in [4.69, 9.17) is 9.47 Å². The fourth-order valence-electron chi connectivity index (χ4n) is 3.79. The number of aryl methyl sites for hydroxylation is 1. The van der Waals surface area contributed by atoms with Crippen molar-refractivity contribution in [3.05, 3.63) is 52.2 Å². The van der Waals surface area contributed by atoms with Gasteiger partial charge in [0.05, 0.1) is 36.4 Å². The quantitative estimate of drug-likeness (QED) is 0.593. The van der Waals surface area contributed by atoms with Crippen LogP contribution in [-0.4, -0.2) is 66.5 Å². The minimum atomic E-state index is -0.381. The zero-order chi connectivity index (χ0) is 22.0. The summed E-state index contributed by atoms with van der Waals surface area (Å²) in [5.74, 6) is -0.215. The van der Waals surface area contributed by atoms with E-state index in [0.29, 0.717) is 43.3 Å². The number of nitrogens with zero attached hydrogens (tertiary/aromatic N) is 3. The predicted octanol–water partition coefficient (Wildman–Crippen LogP) is 2.53. The lowest BCUT2D eigenvalue weighted by Crippen LogP contribution is -2.42. The molecule has 4 rings (SSSR count). The Bertz CT molecular complexity index is 1110. The van der Waals surface area contributed by atoms with Gasteiger partial charge in [0.2, 0.25) is 0 Å². The van der Waals surface area contributed by atoms with Gasteiger partial charge in [0.25, 0.3) is 11.8 Å². The fraction of sp³-hybridized carbons (Fsp3) is 0.409. The van der Waals surface area contributed by atoms with Crippen LogP contribution in [0.2, 0.25) is 0 Å². The van der Waals surface area contributed by atoms with Crippen LogP contribution in [0.3, 0.4) is 0 Å². The molecule has 1 aromatic carbocycles. The topological polar surface area (TPSA) is 85.7 Å². The van der Waals surface area contributed by atoms with Crippen LogP contribution < -0.4 is 5.32 Å². The minimum Gasteiger partial charge on any atom is -0.383 e. The summed E-state index contributed by atoms with van der Waals surface area (Å²) in [6.07, 6.45) is 1.23. The number of benzene rings is 1. The van der Waals surface area contributed by atoms with Crippen molar-refractivity contribution in [1.29, 1.82) is 0 Å². The molecule has 0 radical (unpaired) electrons. The van der Waals surface area contributed by atoms with Gasteiger partial charge in [-0.3, -0.25) is 14.3 Å². The Morgan fingerprint density at radius 2 is 2.16 bits per heavy atom. The summed E-state index contributed by atoms with van der Waals surface area (Å²) in [5.41, 5.74) is 2.26. The summed E-state index contributed by atoms with van der Waals surface area (Å²) < 4.78 is 13.8. The summed E-state index contributed by atoms with van der Waals surface area (Å²) in [7, 11) is 3.42. The average Bonchev–Trinajstić information content (AvgIpc) is 3.34. The third-order valence-electron chi connectivity index (χ3n) is 5.57. The largest absolute Gasteiger partial charge is 0.383 e. The summed E-state index contributed by atoms with van der Waals surface area (Å²) in [5, 5.41) is 8.09. The maximum Gasteiger partial charge on any atom is 0.261 e. The third kappa shape index (κ3) is 4.21. The molecular formula is C22H26N4O4S. The number of hydrogen-bond donors (Lipinski definition) is 1. The molecule has 1 aliphatic rings. The molecule has 0 aliphatic carbocycles. The van der Waals surface area contributed by atoms with E-state index in [2.05, 4.69) is 10.4 Å². The first kappa shape index (κ1) is 21.5. The summed E-state index contributed by atoms with van der Waals surface area (Å²) in [6.45, 7) is 4.04. The first-order valence-electron chi connectivity index (χ1n) is 10.2. The number of aromatic nitrogens is 2. The summed E-state index contributed by atoms with van der Waals surface area (Å²) in [4.78, 5) is 28.5. The van der Waals surface area contributed by atoms with Gasteiger partial charge in [0.15, 0.2) is 0 Å². The van der Waals surface area contributed by atoms with Crippen LogP contribution in [0.4, 0.5) is 0 Å². The highest BCUT2D eigenvalue weighted by molar-refractivity contribution is 7.21. The molecule has 2 aromatic heterocycles. The van der Waals surface area contributed by atoms with E-state index >= 15 is 0 Å². The van der Waals surface area contributed by atoms with E-state index in [1.165, 1.54) is 11.3 Å². The Balaban J connectivity index is 1.64. The molecule has 3 aromatic rings. The highest BCUT2D eigenvalue weighted by atomic mass is 32.1. The zero-order valence-corrected chi connectivity index (χ0v) is 18.7. The number of methoxy groups -OCH3 is 1. The van der Waals surface area contributed by atoms with Crippen LogP contribution >= 0.6 is 11.3 Å². The minimum absolute atomic E-state index is 0.0652. The Kier molecular flexibility index (Phi) is 6.35. The van der Waals surface area contributed by atoms with Gasteiger partial charge in [-0.05, 0) is 18.4 Å². The van der Waals surface area contributed by atoms with E-state index in [9.17, 15) is 9.59 Å². The van der Waals surface area contributed by atoms with Gasteiger partial charge in [0.1, 0.15) is 6.10 Å². The number of nitrogens with one attached hydrogen (secondary N) is 1. The van der Waals surface area contributed by atoms with E-state index in [-0.39, 0.29) is 17.9 Å². The number of fused-ring (bicyclic) bond motifs is 1. The molecule has 8 nitrogen and oxygen atoms in total. The molecule has 0 spiro atoms. The van der Waals surface area contributed by atoms with E-state index < -0.39 is 0 Å². The molecule has 2 amide bonds. The van der Waals surface area contributed by atoms with Gasteiger partial charge in [-0.1, -0.05) is 18.2 Å². The van der Waals surface area contributed by atoms with Gasteiger partial charge in [0, 0.05) is 43.2 Å². The molecule has 0 unspecified atom stereocenters. The lowest BCUT2D eigenvalue weighted by Gasteiger charge is -2.33. The van der Waals surface area contributed by atoms with E-state index in [0.717, 1.165) is 21.3 Å². The lowest BCUT2D eigenvalue weighted by molar-refractivity contribution is -0.0222. The number of amides is 2. The van der Waals surface area contributed by atoms with Gasteiger partial charge in [-0.2, -0.15) is 5.10 Å². The van der Waals surface area contributed by atoms with Crippen molar-refractivity contribution in [2.75, 3.05) is 40.0 Å². The molecule has 1 atom stereocenters. The molecule has 1 fully saturated rings. The van der Waals surface area contributed by atoms with Gasteiger partial charge < -0.3 is 19.7 Å². The SMILES string of the molecule is COCCNC(=O)c1sc2ccccc2c1[C@@H]1CN(C(=O)c2cnn(C)c2C)CCO1. The van der Waals surface area contributed by atoms with Crippen LogP contribution in [-0.2, 0) is 16.5 Å². The van der Waals surface area contributed by atoms with Crippen LogP contribution in [0.5, 0.6) is 0 Å². The third-order valence-corrected chi connectivity index (χ3v) is 6.76. The molecule has 31 heavy (non-hydrogen) atoms. The smallest absolute Gasteiger partial charge is 0.261 e. The molecule has 1 aliphatic heterocycles. The summed E-state index contributed by atoms with van der Waals surface area (Å²) in [6, 6.07) is 7.91. The first-order valence-corrected chi connectivity index (χ1v) is 11.0. The van der Waals surface area contributed by atoms with Crippen LogP contribution in [0.15, 0.2) is 30.5 Å². The number of morpholine rings is 1. The Labute approximate surface area is 184 Å². The zero-order valence-electron chi connectivity index (χ0n) is 17.9. The maximum atomic E-state index is 13.1. The second-order valence-corrected chi connectivity index (χ2v) is 8.52. The Hall–Kier alpha value is -2.75. The molecule has 1 N–H and O–H groups in total. The van der Waals surface area contributed by atoms with Crippen molar-refractivity contribution >= 4 is 33.2 Å². The fourth-order valence-corrected chi connectivity index (χ4v) is 4.96. The van der Waals surface area contributed by atoms with Crippen molar-refractivity contribution in [3.8, 4) is 0 Å². The predicted molar refractivity (Wildman–Crippen MR) is 119 cm³/mol. The van der Waals surface area contributed by atoms with Gasteiger partial charge in [-0.25, -0.2) is 0 Å². The van der Waals surface area contributed by atoms with Crippen LogP contribution in [0.25, 0.3) is 10.1 Å². The molecule has 1 saturated heterocycles. The first-order chi connectivity index (χ1) is 15.0. The highest BCUT2D eigenvalue weighted by Crippen LogP contribution is 2.38. The second kappa shape index (κ2) is 9.17. The standard InChI is InChI=1S/C22H26N4O4S/c1-14-16(12-24-25(14)2)22(28)26-9-11-30-17(13-26)19-15-6-4-5-7-18(15)31-20(19)21(27)23-8-10-29-3/h4-7,12,17H,8-11,13H2,1-3H3,(H,23,27)/t17-/m0/s1. The van der Waals surface area contributed by atoms with Crippen molar-refractivity contribution in [2.24, 2.45) is 7.05 Å². The molecule has 3 heterocycles. The Morgan fingerprint density at radius 3 is 2.90 bits per heavy atom. The van der Waals surface area contributed by atoms with Crippen molar-refractivity contribution in [2.45, 2.75) is 13.0 Å². The molecule has 0 bridgehead atoms. The van der Waals surface area contributed by atoms with Crippen LogP contribution in [0, 0.1) is 6.92 Å². The molecule has 0 saturated carbocycles. The van der Waals surface area contributed by atoms with Crippen molar-refractivity contribution < 1.29 is 19.1 Å². The second-order valence-electron chi connectivity index (χ2n) is 7.47. The normalized spacial score (nSPS) is 16.6. The number of rotatable bonds is 6. The maximum absolute atomic E-state index is 13.1. The monoisotopic (exact) mass is 442 g/mol. The number of ether oxygens (including phenoxy) is 2.